The molecule has 2 aliphatic heterocycles. The zero-order valence-electron chi connectivity index (χ0n) is 16.8. The zero-order valence-corrected chi connectivity index (χ0v) is 16.8. The Bertz CT molecular complexity index is 865. The van der Waals surface area contributed by atoms with Crippen LogP contribution in [-0.4, -0.2) is 55.7 Å². The van der Waals surface area contributed by atoms with Crippen LogP contribution >= 0.6 is 0 Å². The molecule has 2 aromatic rings. The number of carbonyl (C=O) groups excluding carboxylic acids is 2. The van der Waals surface area contributed by atoms with Gasteiger partial charge in [-0.2, -0.15) is 0 Å². The SMILES string of the molecule is O=C(NCC1CCN(C(=O)COc2ccccc2)CC1)C1COc2ccccc2O1. The minimum absolute atomic E-state index is 0.00671. The van der Waals surface area contributed by atoms with Gasteiger partial charge >= 0.3 is 0 Å². The number of rotatable bonds is 6. The van der Waals surface area contributed by atoms with Crippen LogP contribution in [0.5, 0.6) is 17.2 Å². The summed E-state index contributed by atoms with van der Waals surface area (Å²) in [6, 6.07) is 16.7. The smallest absolute Gasteiger partial charge is 0.264 e. The van der Waals surface area contributed by atoms with Gasteiger partial charge < -0.3 is 24.4 Å². The Morgan fingerprint density at radius 3 is 2.47 bits per heavy atom. The van der Waals surface area contributed by atoms with Crippen LogP contribution in [0.2, 0.25) is 0 Å². The molecule has 2 aliphatic rings. The summed E-state index contributed by atoms with van der Waals surface area (Å²) in [5.74, 6) is 2.11. The van der Waals surface area contributed by atoms with Crippen LogP contribution in [0.15, 0.2) is 54.6 Å². The largest absolute Gasteiger partial charge is 0.485 e. The Morgan fingerprint density at radius 1 is 1.00 bits per heavy atom. The number of piperidine rings is 1. The lowest BCUT2D eigenvalue weighted by molar-refractivity contribution is -0.135. The number of carbonyl (C=O) groups is 2. The number of para-hydroxylation sites is 3. The zero-order chi connectivity index (χ0) is 20.8. The van der Waals surface area contributed by atoms with E-state index in [-0.39, 0.29) is 25.0 Å². The normalized spacial score (nSPS) is 18.5. The second-order valence-corrected chi connectivity index (χ2v) is 7.54. The van der Waals surface area contributed by atoms with Crippen molar-refractivity contribution in [3.63, 3.8) is 0 Å². The Kier molecular flexibility index (Phi) is 6.37. The van der Waals surface area contributed by atoms with Crippen molar-refractivity contribution in [2.45, 2.75) is 18.9 Å². The van der Waals surface area contributed by atoms with Crippen molar-refractivity contribution in [2.24, 2.45) is 5.92 Å². The number of benzene rings is 2. The highest BCUT2D eigenvalue weighted by atomic mass is 16.6. The van der Waals surface area contributed by atoms with Gasteiger partial charge in [-0.25, -0.2) is 0 Å². The van der Waals surface area contributed by atoms with Crippen LogP contribution in [0.1, 0.15) is 12.8 Å². The summed E-state index contributed by atoms with van der Waals surface area (Å²) in [4.78, 5) is 26.6. The van der Waals surface area contributed by atoms with E-state index in [1.54, 1.807) is 6.07 Å². The summed E-state index contributed by atoms with van der Waals surface area (Å²) in [6.07, 6.45) is 1.06. The van der Waals surface area contributed by atoms with E-state index in [4.69, 9.17) is 14.2 Å². The number of hydrogen-bond donors (Lipinski definition) is 1. The van der Waals surface area contributed by atoms with Gasteiger partial charge in [-0.15, -0.1) is 0 Å². The highest BCUT2D eigenvalue weighted by Gasteiger charge is 2.28. The highest BCUT2D eigenvalue weighted by Crippen LogP contribution is 2.30. The van der Waals surface area contributed by atoms with Crippen LogP contribution in [0.25, 0.3) is 0 Å². The van der Waals surface area contributed by atoms with E-state index in [1.165, 1.54) is 0 Å². The minimum Gasteiger partial charge on any atom is -0.485 e. The number of fused-ring (bicyclic) bond motifs is 1. The number of likely N-dealkylation sites (tertiary alicyclic amines) is 1. The van der Waals surface area contributed by atoms with E-state index in [2.05, 4.69) is 5.32 Å². The predicted molar refractivity (Wildman–Crippen MR) is 111 cm³/mol. The van der Waals surface area contributed by atoms with Gasteiger partial charge in [0, 0.05) is 19.6 Å². The Morgan fingerprint density at radius 2 is 1.70 bits per heavy atom. The van der Waals surface area contributed by atoms with Crippen LogP contribution in [0.4, 0.5) is 0 Å². The van der Waals surface area contributed by atoms with Gasteiger partial charge in [-0.3, -0.25) is 9.59 Å². The summed E-state index contributed by atoms with van der Waals surface area (Å²) in [5.41, 5.74) is 0. The fourth-order valence-corrected chi connectivity index (χ4v) is 3.65. The Balaban J connectivity index is 1.16. The maximum Gasteiger partial charge on any atom is 0.264 e. The standard InChI is InChI=1S/C23H26N2O5/c26-22(16-28-18-6-2-1-3-7-18)25-12-10-17(11-13-25)14-24-23(27)21-15-29-19-8-4-5-9-20(19)30-21/h1-9,17,21H,10-16H2,(H,24,27). The second kappa shape index (κ2) is 9.52. The van der Waals surface area contributed by atoms with Crippen LogP contribution in [-0.2, 0) is 9.59 Å². The van der Waals surface area contributed by atoms with E-state index in [0.29, 0.717) is 42.8 Å². The van der Waals surface area contributed by atoms with Crippen molar-refractivity contribution in [3.05, 3.63) is 54.6 Å². The molecule has 30 heavy (non-hydrogen) atoms. The quantitative estimate of drug-likeness (QED) is 0.791. The molecule has 7 nitrogen and oxygen atoms in total. The first-order valence-electron chi connectivity index (χ1n) is 10.3. The van der Waals surface area contributed by atoms with Crippen LogP contribution in [0.3, 0.4) is 0 Å². The molecule has 7 heteroatoms. The average molecular weight is 410 g/mol. The molecule has 0 spiro atoms. The summed E-state index contributed by atoms with van der Waals surface area (Å²) in [5, 5.41) is 2.97. The molecule has 1 unspecified atom stereocenters. The van der Waals surface area contributed by atoms with Crippen LogP contribution in [0, 0.1) is 5.92 Å². The molecule has 2 amide bonds. The third-order valence-electron chi connectivity index (χ3n) is 5.44. The van der Waals surface area contributed by atoms with Gasteiger partial charge in [0.05, 0.1) is 0 Å². The second-order valence-electron chi connectivity index (χ2n) is 7.54. The number of amides is 2. The van der Waals surface area contributed by atoms with Gasteiger partial charge in [0.15, 0.2) is 18.1 Å². The topological polar surface area (TPSA) is 77.1 Å². The molecular formula is C23H26N2O5. The maximum atomic E-state index is 12.4. The van der Waals surface area contributed by atoms with E-state index in [1.807, 2.05) is 53.4 Å². The van der Waals surface area contributed by atoms with Gasteiger partial charge in [0.25, 0.3) is 11.8 Å². The van der Waals surface area contributed by atoms with Gasteiger partial charge in [-0.05, 0) is 43.0 Å². The van der Waals surface area contributed by atoms with Crippen molar-refractivity contribution in [3.8, 4) is 17.2 Å². The number of hydrogen-bond acceptors (Lipinski definition) is 5. The summed E-state index contributed by atoms with van der Waals surface area (Å²) in [6.45, 7) is 2.17. The molecule has 0 radical (unpaired) electrons. The summed E-state index contributed by atoms with van der Waals surface area (Å²) < 4.78 is 16.9. The number of nitrogens with one attached hydrogen (secondary N) is 1. The van der Waals surface area contributed by atoms with Crippen LogP contribution < -0.4 is 19.5 Å². The van der Waals surface area contributed by atoms with Crippen molar-refractivity contribution in [1.82, 2.24) is 10.2 Å². The first-order valence-corrected chi connectivity index (χ1v) is 10.3. The fourth-order valence-electron chi connectivity index (χ4n) is 3.65. The molecule has 1 N–H and O–H groups in total. The van der Waals surface area contributed by atoms with Crippen molar-refractivity contribution in [2.75, 3.05) is 32.8 Å². The molecule has 1 fully saturated rings. The molecule has 0 aliphatic carbocycles. The molecule has 1 saturated heterocycles. The van der Waals surface area contributed by atoms with E-state index in [9.17, 15) is 9.59 Å². The molecule has 0 bridgehead atoms. The molecule has 4 rings (SSSR count). The molecule has 0 saturated carbocycles. The number of ether oxygens (including phenoxy) is 3. The third-order valence-corrected chi connectivity index (χ3v) is 5.44. The number of nitrogens with zero attached hydrogens (tertiary/aromatic N) is 1. The van der Waals surface area contributed by atoms with Gasteiger partial charge in [0.2, 0.25) is 6.10 Å². The molecule has 1 atom stereocenters. The summed E-state index contributed by atoms with van der Waals surface area (Å²) >= 11 is 0. The first kappa shape index (κ1) is 20.1. The predicted octanol–water partition coefficient (Wildman–Crippen LogP) is 2.26. The molecule has 158 valence electrons. The van der Waals surface area contributed by atoms with Crippen molar-refractivity contribution < 1.29 is 23.8 Å². The van der Waals surface area contributed by atoms with E-state index in [0.717, 1.165) is 12.8 Å². The minimum atomic E-state index is -0.642. The highest BCUT2D eigenvalue weighted by molar-refractivity contribution is 5.81. The third kappa shape index (κ3) is 5.03. The Hall–Kier alpha value is -3.22. The van der Waals surface area contributed by atoms with Gasteiger partial charge in [-0.1, -0.05) is 30.3 Å². The fraction of sp³-hybridized carbons (Fsp3) is 0.391. The molecule has 2 heterocycles. The lowest BCUT2D eigenvalue weighted by Gasteiger charge is -2.32. The first-order chi connectivity index (χ1) is 14.7. The lowest BCUT2D eigenvalue weighted by Crippen LogP contribution is -2.47. The maximum absolute atomic E-state index is 12.4. The van der Waals surface area contributed by atoms with E-state index >= 15 is 0 Å². The summed E-state index contributed by atoms with van der Waals surface area (Å²) in [7, 11) is 0. The molecule has 2 aromatic carbocycles. The average Bonchev–Trinajstić information content (AvgIpc) is 2.81. The van der Waals surface area contributed by atoms with Crippen molar-refractivity contribution in [1.29, 1.82) is 0 Å². The van der Waals surface area contributed by atoms with Crippen molar-refractivity contribution >= 4 is 11.8 Å². The van der Waals surface area contributed by atoms with Gasteiger partial charge in [0.1, 0.15) is 12.4 Å². The van der Waals surface area contributed by atoms with E-state index < -0.39 is 6.10 Å². The molecular weight excluding hydrogens is 384 g/mol. The Labute approximate surface area is 175 Å². The molecule has 0 aromatic heterocycles. The lowest BCUT2D eigenvalue weighted by atomic mass is 9.96. The monoisotopic (exact) mass is 410 g/mol.